The fraction of sp³-hybridized carbons (Fsp3) is 0.684. The Kier molecular flexibility index (Phi) is 6.62. The maximum atomic E-state index is 13.0. The number of piperidine rings is 1. The van der Waals surface area contributed by atoms with Crippen molar-refractivity contribution in [1.82, 2.24) is 4.31 Å². The van der Waals surface area contributed by atoms with Crippen molar-refractivity contribution >= 4 is 10.0 Å². The van der Waals surface area contributed by atoms with E-state index < -0.39 is 16.1 Å². The molecule has 1 aliphatic rings. The molecule has 0 amide bonds. The molecule has 1 aromatic rings. The highest BCUT2D eigenvalue weighted by Crippen LogP contribution is 2.32. The van der Waals surface area contributed by atoms with Crippen molar-refractivity contribution in [2.75, 3.05) is 18.8 Å². The van der Waals surface area contributed by atoms with Gasteiger partial charge in [-0.1, -0.05) is 32.9 Å². The molecule has 1 N–H and O–H groups in total. The Labute approximate surface area is 151 Å². The second kappa shape index (κ2) is 8.14. The highest BCUT2D eigenvalue weighted by Gasteiger charge is 2.31. The van der Waals surface area contributed by atoms with Crippen molar-refractivity contribution in [3.8, 4) is 0 Å². The van der Waals surface area contributed by atoms with Gasteiger partial charge in [-0.3, -0.25) is 0 Å². The molecule has 1 aromatic carbocycles. The molecule has 1 fully saturated rings. The lowest BCUT2D eigenvalue weighted by molar-refractivity contribution is 0.0760. The number of hydrogen-bond acceptors (Lipinski definition) is 3. The van der Waals surface area contributed by atoms with Gasteiger partial charge in [0.15, 0.2) is 0 Å². The lowest BCUT2D eigenvalue weighted by Gasteiger charge is -2.33. The van der Waals surface area contributed by atoms with Crippen LogP contribution in [-0.2, 0) is 10.0 Å². The third-order valence-corrected chi connectivity index (χ3v) is 6.84. The molecule has 142 valence electrons. The zero-order chi connectivity index (χ0) is 18.7. The van der Waals surface area contributed by atoms with Crippen molar-refractivity contribution < 1.29 is 17.9 Å². The van der Waals surface area contributed by atoms with Crippen molar-refractivity contribution in [3.05, 3.63) is 35.6 Å². The Bertz CT molecular complexity index is 644. The third kappa shape index (κ3) is 6.04. The molecule has 0 bridgehead atoms. The molecular weight excluding hydrogens is 341 g/mol. The fourth-order valence-electron chi connectivity index (χ4n) is 3.32. The average Bonchev–Trinajstić information content (AvgIpc) is 2.53. The minimum absolute atomic E-state index is 0.00601. The van der Waals surface area contributed by atoms with Crippen LogP contribution in [0, 0.1) is 17.2 Å². The van der Waals surface area contributed by atoms with Crippen LogP contribution in [0.4, 0.5) is 4.39 Å². The summed E-state index contributed by atoms with van der Waals surface area (Å²) in [5.74, 6) is -0.131. The standard InChI is InChI=1S/C19H30FNO3S/c1-19(2,3)11-4-14-25(23,24)21-12-9-16(10-13-21)18(22)15-5-7-17(20)8-6-15/h5-8,16,18,22H,4,9-14H2,1-3H3. The molecular formula is C19H30FNO3S. The van der Waals surface area contributed by atoms with Crippen molar-refractivity contribution in [3.63, 3.8) is 0 Å². The lowest BCUT2D eigenvalue weighted by Crippen LogP contribution is -2.41. The molecule has 2 rings (SSSR count). The lowest BCUT2D eigenvalue weighted by atomic mass is 9.88. The first-order valence-electron chi connectivity index (χ1n) is 9.00. The Morgan fingerprint density at radius 3 is 2.28 bits per heavy atom. The van der Waals surface area contributed by atoms with Gasteiger partial charge in [0.2, 0.25) is 10.0 Å². The summed E-state index contributed by atoms with van der Waals surface area (Å²) in [7, 11) is -3.22. The molecule has 0 aromatic heterocycles. The van der Waals surface area contributed by atoms with E-state index in [0.29, 0.717) is 37.9 Å². The van der Waals surface area contributed by atoms with Gasteiger partial charge in [0.25, 0.3) is 0 Å². The highest BCUT2D eigenvalue weighted by molar-refractivity contribution is 7.89. The predicted molar refractivity (Wildman–Crippen MR) is 98.1 cm³/mol. The average molecular weight is 372 g/mol. The number of aliphatic hydroxyl groups excluding tert-OH is 1. The van der Waals surface area contributed by atoms with Crippen LogP contribution in [0.25, 0.3) is 0 Å². The van der Waals surface area contributed by atoms with Crippen LogP contribution in [-0.4, -0.2) is 36.7 Å². The minimum Gasteiger partial charge on any atom is -0.388 e. The van der Waals surface area contributed by atoms with Crippen LogP contribution >= 0.6 is 0 Å². The zero-order valence-corrected chi connectivity index (χ0v) is 16.2. The predicted octanol–water partition coefficient (Wildman–Crippen LogP) is 3.73. The van der Waals surface area contributed by atoms with E-state index in [1.165, 1.54) is 12.1 Å². The first kappa shape index (κ1) is 20.3. The van der Waals surface area contributed by atoms with E-state index in [1.807, 2.05) is 0 Å². The minimum atomic E-state index is -3.22. The molecule has 1 heterocycles. The van der Waals surface area contributed by atoms with Crippen LogP contribution < -0.4 is 0 Å². The normalized spacial score (nSPS) is 19.1. The monoisotopic (exact) mass is 371 g/mol. The van der Waals surface area contributed by atoms with Gasteiger partial charge in [0.1, 0.15) is 5.82 Å². The highest BCUT2D eigenvalue weighted by atomic mass is 32.2. The molecule has 1 unspecified atom stereocenters. The smallest absolute Gasteiger partial charge is 0.214 e. The zero-order valence-electron chi connectivity index (χ0n) is 15.4. The molecule has 0 spiro atoms. The van der Waals surface area contributed by atoms with E-state index in [9.17, 15) is 17.9 Å². The summed E-state index contributed by atoms with van der Waals surface area (Å²) in [6.45, 7) is 7.23. The molecule has 1 aliphatic heterocycles. The Morgan fingerprint density at radius 1 is 1.20 bits per heavy atom. The maximum absolute atomic E-state index is 13.0. The maximum Gasteiger partial charge on any atom is 0.214 e. The van der Waals surface area contributed by atoms with Gasteiger partial charge in [-0.15, -0.1) is 0 Å². The number of benzene rings is 1. The summed E-state index contributed by atoms with van der Waals surface area (Å²) >= 11 is 0. The topological polar surface area (TPSA) is 57.6 Å². The van der Waals surface area contributed by atoms with E-state index in [1.54, 1.807) is 16.4 Å². The number of rotatable bonds is 6. The van der Waals surface area contributed by atoms with Crippen LogP contribution in [0.1, 0.15) is 58.1 Å². The van der Waals surface area contributed by atoms with E-state index in [-0.39, 0.29) is 22.9 Å². The quantitative estimate of drug-likeness (QED) is 0.829. The Balaban J connectivity index is 1.87. The summed E-state index contributed by atoms with van der Waals surface area (Å²) in [5.41, 5.74) is 0.829. The molecule has 0 radical (unpaired) electrons. The van der Waals surface area contributed by atoms with Crippen molar-refractivity contribution in [2.45, 2.75) is 52.6 Å². The van der Waals surface area contributed by atoms with Gasteiger partial charge in [0.05, 0.1) is 11.9 Å². The molecule has 1 atom stereocenters. The summed E-state index contributed by atoms with van der Waals surface area (Å²) < 4.78 is 39.5. The van der Waals surface area contributed by atoms with Crippen molar-refractivity contribution in [1.29, 1.82) is 0 Å². The largest absolute Gasteiger partial charge is 0.388 e. The van der Waals surface area contributed by atoms with E-state index >= 15 is 0 Å². The van der Waals surface area contributed by atoms with Crippen LogP contribution in [0.5, 0.6) is 0 Å². The molecule has 0 saturated carbocycles. The fourth-order valence-corrected chi connectivity index (χ4v) is 4.85. The molecule has 6 heteroatoms. The number of hydrogen-bond donors (Lipinski definition) is 1. The molecule has 25 heavy (non-hydrogen) atoms. The first-order chi connectivity index (χ1) is 11.6. The van der Waals surface area contributed by atoms with E-state index in [2.05, 4.69) is 20.8 Å². The van der Waals surface area contributed by atoms with Gasteiger partial charge < -0.3 is 5.11 Å². The second-order valence-electron chi connectivity index (χ2n) is 8.21. The molecule has 4 nitrogen and oxygen atoms in total. The van der Waals surface area contributed by atoms with Gasteiger partial charge in [-0.25, -0.2) is 17.1 Å². The Hall–Kier alpha value is -0.980. The molecule has 0 aliphatic carbocycles. The van der Waals surface area contributed by atoms with Crippen LogP contribution in [0.15, 0.2) is 24.3 Å². The summed E-state index contributed by atoms with van der Waals surface area (Å²) in [6.07, 6.45) is 2.12. The number of halogens is 1. The van der Waals surface area contributed by atoms with E-state index in [4.69, 9.17) is 0 Å². The van der Waals surface area contributed by atoms with Gasteiger partial charge >= 0.3 is 0 Å². The summed E-state index contributed by atoms with van der Waals surface area (Å²) in [4.78, 5) is 0. The first-order valence-corrected chi connectivity index (χ1v) is 10.6. The van der Waals surface area contributed by atoms with Gasteiger partial charge in [-0.2, -0.15) is 0 Å². The second-order valence-corrected chi connectivity index (χ2v) is 10.3. The SMILES string of the molecule is CC(C)(C)CCCS(=O)(=O)N1CCC(C(O)c2ccc(F)cc2)CC1. The summed E-state index contributed by atoms with van der Waals surface area (Å²) in [6, 6.07) is 5.87. The van der Waals surface area contributed by atoms with Gasteiger partial charge in [0, 0.05) is 13.1 Å². The summed E-state index contributed by atoms with van der Waals surface area (Å²) in [5, 5.41) is 10.5. The van der Waals surface area contributed by atoms with E-state index in [0.717, 1.165) is 6.42 Å². The van der Waals surface area contributed by atoms with Gasteiger partial charge in [-0.05, 0) is 54.7 Å². The Morgan fingerprint density at radius 2 is 1.76 bits per heavy atom. The van der Waals surface area contributed by atoms with Crippen LogP contribution in [0.2, 0.25) is 0 Å². The third-order valence-electron chi connectivity index (χ3n) is 4.88. The number of sulfonamides is 1. The number of nitrogens with zero attached hydrogens (tertiary/aromatic N) is 1. The van der Waals surface area contributed by atoms with Crippen molar-refractivity contribution in [2.24, 2.45) is 11.3 Å². The molecule has 1 saturated heterocycles. The number of aliphatic hydroxyl groups is 1. The van der Waals surface area contributed by atoms with Crippen LogP contribution in [0.3, 0.4) is 0 Å².